The number of methoxy groups -OCH3 is 1. The van der Waals surface area contributed by atoms with Crippen LogP contribution in [0, 0.1) is 5.82 Å². The second-order valence-electron chi connectivity index (χ2n) is 2.75. The predicted octanol–water partition coefficient (Wildman–Crippen LogP) is 3.00. The van der Waals surface area contributed by atoms with Crippen molar-refractivity contribution >= 4 is 15.9 Å². The Morgan fingerprint density at radius 3 is 2.86 bits per heavy atom. The van der Waals surface area contributed by atoms with Crippen molar-refractivity contribution < 1.29 is 13.9 Å². The Bertz CT molecular complexity index is 291. The fourth-order valence-corrected chi connectivity index (χ4v) is 1.36. The van der Waals surface area contributed by atoms with Gasteiger partial charge in [0.15, 0.2) is 0 Å². The zero-order valence-electron chi connectivity index (χ0n) is 7.93. The first-order valence-corrected chi connectivity index (χ1v) is 5.10. The number of ether oxygens (including phenoxy) is 2. The zero-order valence-corrected chi connectivity index (χ0v) is 9.51. The van der Waals surface area contributed by atoms with E-state index in [0.717, 1.165) is 6.42 Å². The van der Waals surface area contributed by atoms with E-state index >= 15 is 0 Å². The van der Waals surface area contributed by atoms with Crippen molar-refractivity contribution in [1.29, 1.82) is 0 Å². The molecule has 0 unspecified atom stereocenters. The van der Waals surface area contributed by atoms with Crippen LogP contribution in [0.1, 0.15) is 6.42 Å². The largest absolute Gasteiger partial charge is 0.492 e. The fourth-order valence-electron chi connectivity index (χ4n) is 0.981. The molecule has 0 heterocycles. The smallest absolute Gasteiger partial charge is 0.141 e. The predicted molar refractivity (Wildman–Crippen MR) is 56.1 cm³/mol. The maximum atomic E-state index is 13.0. The van der Waals surface area contributed by atoms with E-state index < -0.39 is 0 Å². The molecule has 1 rings (SSSR count). The topological polar surface area (TPSA) is 18.5 Å². The first-order valence-electron chi connectivity index (χ1n) is 4.31. The number of hydrogen-bond acceptors (Lipinski definition) is 2. The molecule has 0 N–H and O–H groups in total. The Balaban J connectivity index is 2.46. The molecule has 1 aromatic carbocycles. The summed E-state index contributed by atoms with van der Waals surface area (Å²) in [5.41, 5.74) is 0. The Hall–Kier alpha value is -0.610. The average Bonchev–Trinajstić information content (AvgIpc) is 2.19. The minimum Gasteiger partial charge on any atom is -0.492 e. The van der Waals surface area contributed by atoms with E-state index in [0.29, 0.717) is 23.4 Å². The molecule has 1 aromatic rings. The fraction of sp³-hybridized carbons (Fsp3) is 0.400. The number of hydrogen-bond donors (Lipinski definition) is 0. The highest BCUT2D eigenvalue weighted by molar-refractivity contribution is 9.10. The molecule has 0 aliphatic rings. The van der Waals surface area contributed by atoms with E-state index in [1.165, 1.54) is 6.07 Å². The molecule has 0 aliphatic heterocycles. The normalized spacial score (nSPS) is 10.2. The van der Waals surface area contributed by atoms with Crippen LogP contribution in [-0.4, -0.2) is 20.3 Å². The molecule has 0 aliphatic carbocycles. The van der Waals surface area contributed by atoms with Gasteiger partial charge in [0.25, 0.3) is 0 Å². The van der Waals surface area contributed by atoms with Crippen LogP contribution in [0.2, 0.25) is 0 Å². The lowest BCUT2D eigenvalue weighted by Crippen LogP contribution is -2.02. The van der Waals surface area contributed by atoms with E-state index in [2.05, 4.69) is 15.9 Å². The van der Waals surface area contributed by atoms with Crippen molar-refractivity contribution in [3.8, 4) is 5.75 Å². The van der Waals surface area contributed by atoms with Crippen molar-refractivity contribution in [2.24, 2.45) is 0 Å². The van der Waals surface area contributed by atoms with E-state index in [1.54, 1.807) is 19.2 Å². The summed E-state index contributed by atoms with van der Waals surface area (Å²) in [6, 6.07) is 4.72. The minimum absolute atomic E-state index is 0.311. The zero-order chi connectivity index (χ0) is 10.4. The third-order valence-corrected chi connectivity index (χ3v) is 2.44. The maximum Gasteiger partial charge on any atom is 0.141 e. The van der Waals surface area contributed by atoms with E-state index in [-0.39, 0.29) is 5.82 Å². The van der Waals surface area contributed by atoms with Gasteiger partial charge in [-0.15, -0.1) is 0 Å². The monoisotopic (exact) mass is 262 g/mol. The highest BCUT2D eigenvalue weighted by Crippen LogP contribution is 2.27. The molecule has 14 heavy (non-hydrogen) atoms. The van der Waals surface area contributed by atoms with Gasteiger partial charge in [-0.05, 0) is 28.1 Å². The van der Waals surface area contributed by atoms with Crippen LogP contribution in [-0.2, 0) is 4.74 Å². The summed E-state index contributed by atoms with van der Waals surface area (Å²) >= 11 is 3.12. The molecule has 4 heteroatoms. The molecule has 0 amide bonds. The lowest BCUT2D eigenvalue weighted by Gasteiger charge is -2.07. The summed E-state index contributed by atoms with van der Waals surface area (Å²) in [5.74, 6) is 0.218. The Kier molecular flexibility index (Phi) is 4.90. The molecule has 0 bridgehead atoms. The summed E-state index contributed by atoms with van der Waals surface area (Å²) in [4.78, 5) is 0. The molecule has 0 atom stereocenters. The molecule has 78 valence electrons. The Morgan fingerprint density at radius 2 is 2.14 bits per heavy atom. The molecule has 0 fully saturated rings. The molecular formula is C10H12BrFO2. The minimum atomic E-state index is -0.311. The Labute approximate surface area is 91.2 Å². The van der Waals surface area contributed by atoms with Gasteiger partial charge in [0.2, 0.25) is 0 Å². The lowest BCUT2D eigenvalue weighted by molar-refractivity contribution is 0.171. The molecule has 2 nitrogen and oxygen atoms in total. The number of halogens is 2. The highest BCUT2D eigenvalue weighted by Gasteiger charge is 2.05. The highest BCUT2D eigenvalue weighted by atomic mass is 79.9. The molecule has 0 spiro atoms. The van der Waals surface area contributed by atoms with Crippen molar-refractivity contribution in [2.45, 2.75) is 6.42 Å². The average molecular weight is 263 g/mol. The van der Waals surface area contributed by atoms with Crippen LogP contribution in [0.5, 0.6) is 5.75 Å². The van der Waals surface area contributed by atoms with Crippen LogP contribution in [0.3, 0.4) is 0 Å². The van der Waals surface area contributed by atoms with Crippen molar-refractivity contribution in [2.75, 3.05) is 20.3 Å². The van der Waals surface area contributed by atoms with Crippen molar-refractivity contribution in [3.05, 3.63) is 28.5 Å². The Morgan fingerprint density at radius 1 is 1.36 bits per heavy atom. The van der Waals surface area contributed by atoms with Gasteiger partial charge in [-0.25, -0.2) is 4.39 Å². The van der Waals surface area contributed by atoms with Gasteiger partial charge in [0.1, 0.15) is 11.6 Å². The van der Waals surface area contributed by atoms with E-state index in [1.807, 2.05) is 0 Å². The van der Waals surface area contributed by atoms with Gasteiger partial charge < -0.3 is 9.47 Å². The van der Waals surface area contributed by atoms with Crippen LogP contribution >= 0.6 is 15.9 Å². The van der Waals surface area contributed by atoms with Gasteiger partial charge in [0, 0.05) is 20.1 Å². The van der Waals surface area contributed by atoms with Crippen LogP contribution in [0.25, 0.3) is 0 Å². The third kappa shape index (κ3) is 3.27. The number of benzene rings is 1. The van der Waals surface area contributed by atoms with Gasteiger partial charge in [-0.1, -0.05) is 6.07 Å². The van der Waals surface area contributed by atoms with Crippen LogP contribution < -0.4 is 4.74 Å². The summed E-state index contributed by atoms with van der Waals surface area (Å²) in [5, 5.41) is 0. The molecule has 0 aromatic heterocycles. The quantitative estimate of drug-likeness (QED) is 0.760. The second kappa shape index (κ2) is 5.98. The van der Waals surface area contributed by atoms with Gasteiger partial charge >= 0.3 is 0 Å². The van der Waals surface area contributed by atoms with Gasteiger partial charge in [-0.2, -0.15) is 0 Å². The first kappa shape index (κ1) is 11.5. The number of rotatable bonds is 5. The second-order valence-corrected chi connectivity index (χ2v) is 3.54. The van der Waals surface area contributed by atoms with E-state index in [9.17, 15) is 4.39 Å². The first-order chi connectivity index (χ1) is 6.75. The van der Waals surface area contributed by atoms with Crippen LogP contribution in [0.4, 0.5) is 4.39 Å². The standard InChI is InChI=1S/C10H12BrFO2/c1-13-6-3-7-14-9-5-2-4-8(12)10(9)11/h2,4-5H,3,6-7H2,1H3. The van der Waals surface area contributed by atoms with Gasteiger partial charge in [-0.3, -0.25) is 0 Å². The summed E-state index contributed by atoms with van der Waals surface area (Å²) in [6.07, 6.45) is 0.791. The molecule has 0 saturated heterocycles. The maximum absolute atomic E-state index is 13.0. The van der Waals surface area contributed by atoms with Crippen molar-refractivity contribution in [3.63, 3.8) is 0 Å². The van der Waals surface area contributed by atoms with Crippen LogP contribution in [0.15, 0.2) is 22.7 Å². The molecule has 0 saturated carbocycles. The molecular weight excluding hydrogens is 251 g/mol. The van der Waals surface area contributed by atoms with E-state index in [4.69, 9.17) is 9.47 Å². The van der Waals surface area contributed by atoms with Crippen molar-refractivity contribution in [1.82, 2.24) is 0 Å². The third-order valence-electron chi connectivity index (χ3n) is 1.67. The summed E-state index contributed by atoms with van der Waals surface area (Å²) in [6.45, 7) is 1.17. The lowest BCUT2D eigenvalue weighted by atomic mass is 10.3. The summed E-state index contributed by atoms with van der Waals surface area (Å²) in [7, 11) is 1.64. The van der Waals surface area contributed by atoms with Gasteiger partial charge in [0.05, 0.1) is 11.1 Å². The SMILES string of the molecule is COCCCOc1cccc(F)c1Br. The summed E-state index contributed by atoms with van der Waals surface area (Å²) < 4.78 is 23.6. The molecule has 0 radical (unpaired) electrons.